The minimum atomic E-state index is -3.48. The van der Waals surface area contributed by atoms with Gasteiger partial charge in [0.1, 0.15) is 5.82 Å². The van der Waals surface area contributed by atoms with E-state index in [0.717, 1.165) is 37.0 Å². The monoisotopic (exact) mass is 308 g/mol. The quantitative estimate of drug-likeness (QED) is 0.755. The van der Waals surface area contributed by atoms with Crippen LogP contribution in [0.4, 0.5) is 10.6 Å². The van der Waals surface area contributed by atoms with E-state index in [1.807, 2.05) is 4.90 Å². The second-order valence-corrected chi connectivity index (χ2v) is 8.31. The Bertz CT molecular complexity index is 744. The molecule has 1 aromatic heterocycles. The van der Waals surface area contributed by atoms with Crippen LogP contribution >= 0.6 is 0 Å². The first-order valence-electron chi connectivity index (χ1n) is 6.91. The van der Waals surface area contributed by atoms with Gasteiger partial charge in [0.25, 0.3) is 0 Å². The average molecular weight is 308 g/mol. The number of amides is 2. The summed E-state index contributed by atoms with van der Waals surface area (Å²) in [6.45, 7) is 0.468. The zero-order chi connectivity index (χ0) is 15.0. The molecule has 21 heavy (non-hydrogen) atoms. The van der Waals surface area contributed by atoms with E-state index in [-0.39, 0.29) is 16.7 Å². The van der Waals surface area contributed by atoms with Crippen molar-refractivity contribution >= 4 is 21.7 Å². The molecule has 7 nitrogen and oxygen atoms in total. The molecule has 8 heteroatoms. The highest BCUT2D eigenvalue weighted by Gasteiger charge is 2.62. The van der Waals surface area contributed by atoms with Crippen LogP contribution in [0.1, 0.15) is 24.8 Å². The molecule has 0 radical (unpaired) electrons. The van der Waals surface area contributed by atoms with Crippen LogP contribution < -0.4 is 4.90 Å². The molecule has 0 spiro atoms. The summed E-state index contributed by atoms with van der Waals surface area (Å²) in [5.41, 5.74) is 0.831. The van der Waals surface area contributed by atoms with E-state index in [9.17, 15) is 13.2 Å². The first-order valence-corrected chi connectivity index (χ1v) is 8.81. The molecule has 1 aromatic rings. The summed E-state index contributed by atoms with van der Waals surface area (Å²) in [6.07, 6.45) is 5.85. The number of nitrogens with zero attached hydrogens (tertiary/aromatic N) is 4. The summed E-state index contributed by atoms with van der Waals surface area (Å²) < 4.78 is 23.1. The lowest BCUT2D eigenvalue weighted by molar-refractivity contribution is -0.124. The maximum absolute atomic E-state index is 12.6. The molecular formula is C13H16N4O3S. The van der Waals surface area contributed by atoms with Gasteiger partial charge in [0.05, 0.1) is 6.54 Å². The van der Waals surface area contributed by atoms with Crippen molar-refractivity contribution in [2.45, 2.75) is 36.5 Å². The van der Waals surface area contributed by atoms with Crippen molar-refractivity contribution in [1.82, 2.24) is 14.9 Å². The van der Waals surface area contributed by atoms with Gasteiger partial charge >= 0.3 is 6.03 Å². The highest BCUT2D eigenvalue weighted by molar-refractivity contribution is 7.90. The summed E-state index contributed by atoms with van der Waals surface area (Å²) in [7, 11) is -1.84. The lowest BCUT2D eigenvalue weighted by Crippen LogP contribution is -2.71. The molecule has 2 heterocycles. The van der Waals surface area contributed by atoms with E-state index >= 15 is 0 Å². The number of hydrogen-bond donors (Lipinski definition) is 0. The second kappa shape index (κ2) is 3.73. The number of hydrogen-bond acceptors (Lipinski definition) is 5. The number of aromatic nitrogens is 2. The fourth-order valence-corrected chi connectivity index (χ4v) is 4.10. The van der Waals surface area contributed by atoms with Crippen molar-refractivity contribution in [2.24, 2.45) is 5.92 Å². The van der Waals surface area contributed by atoms with Crippen LogP contribution in [0.5, 0.6) is 0 Å². The zero-order valence-corrected chi connectivity index (χ0v) is 12.7. The van der Waals surface area contributed by atoms with Gasteiger partial charge < -0.3 is 4.90 Å². The number of urea groups is 1. The molecule has 4 aliphatic rings. The summed E-state index contributed by atoms with van der Waals surface area (Å²) in [6, 6.07) is -0.0983. The van der Waals surface area contributed by atoms with Gasteiger partial charge in [-0.05, 0) is 25.2 Å². The predicted octanol–water partition coefficient (Wildman–Crippen LogP) is 0.804. The Hall–Kier alpha value is -1.70. The van der Waals surface area contributed by atoms with E-state index < -0.39 is 9.84 Å². The van der Waals surface area contributed by atoms with Crippen molar-refractivity contribution in [3.05, 3.63) is 11.8 Å². The molecule has 2 bridgehead atoms. The number of anilines is 1. The van der Waals surface area contributed by atoms with Crippen molar-refractivity contribution in [1.29, 1.82) is 0 Å². The van der Waals surface area contributed by atoms with E-state index in [1.165, 1.54) is 11.1 Å². The first-order chi connectivity index (χ1) is 9.80. The SMILES string of the molecule is CN1C(=O)N(C23CC(C2)C3)Cc2cnc(S(C)(=O)=O)nc21. The van der Waals surface area contributed by atoms with Crippen molar-refractivity contribution in [3.63, 3.8) is 0 Å². The average Bonchev–Trinajstić information content (AvgIpc) is 2.30. The number of carbonyl (C=O) groups is 1. The van der Waals surface area contributed by atoms with Crippen LogP contribution in [-0.2, 0) is 16.4 Å². The number of carbonyl (C=O) groups excluding carboxylic acids is 1. The molecule has 0 N–H and O–H groups in total. The molecule has 112 valence electrons. The van der Waals surface area contributed by atoms with Crippen LogP contribution in [0, 0.1) is 5.92 Å². The van der Waals surface area contributed by atoms with Crippen LogP contribution in [0.25, 0.3) is 0 Å². The highest BCUT2D eigenvalue weighted by Crippen LogP contribution is 2.61. The van der Waals surface area contributed by atoms with Gasteiger partial charge in [0.2, 0.25) is 15.0 Å². The lowest BCUT2D eigenvalue weighted by atomic mass is 9.49. The van der Waals surface area contributed by atoms with Gasteiger partial charge in [-0.25, -0.2) is 23.2 Å². The largest absolute Gasteiger partial charge is 0.326 e. The Morgan fingerprint density at radius 1 is 1.33 bits per heavy atom. The summed E-state index contributed by atoms with van der Waals surface area (Å²) in [4.78, 5) is 23.9. The molecule has 0 saturated heterocycles. The zero-order valence-electron chi connectivity index (χ0n) is 11.9. The first kappa shape index (κ1) is 13.0. The minimum Gasteiger partial charge on any atom is -0.314 e. The van der Waals surface area contributed by atoms with Crippen LogP contribution in [-0.4, -0.2) is 48.2 Å². The molecule has 3 aliphatic carbocycles. The third-order valence-electron chi connectivity index (χ3n) is 4.89. The number of fused-ring (bicyclic) bond motifs is 1. The fraction of sp³-hybridized carbons (Fsp3) is 0.615. The van der Waals surface area contributed by atoms with E-state index in [0.29, 0.717) is 12.4 Å². The van der Waals surface area contributed by atoms with Crippen molar-refractivity contribution < 1.29 is 13.2 Å². The molecule has 2 amide bonds. The maximum Gasteiger partial charge on any atom is 0.326 e. The maximum atomic E-state index is 12.6. The standard InChI is InChI=1S/C13H16N4O3S/c1-16-10-9(6-14-11(15-10)21(2,19)20)7-17(12(16)18)13-3-8(4-13)5-13/h6,8H,3-5,7H2,1-2H3. The van der Waals surface area contributed by atoms with Crippen LogP contribution in [0.3, 0.4) is 0 Å². The molecule has 3 fully saturated rings. The summed E-state index contributed by atoms with van der Waals surface area (Å²) in [5.74, 6) is 1.19. The minimum absolute atomic E-state index is 0.0310. The van der Waals surface area contributed by atoms with E-state index in [4.69, 9.17) is 0 Å². The molecular weight excluding hydrogens is 292 g/mol. The van der Waals surface area contributed by atoms with Gasteiger partial charge in [-0.15, -0.1) is 0 Å². The van der Waals surface area contributed by atoms with Gasteiger partial charge in [-0.1, -0.05) is 0 Å². The third kappa shape index (κ3) is 1.65. The Kier molecular flexibility index (Phi) is 2.31. The van der Waals surface area contributed by atoms with E-state index in [1.54, 1.807) is 7.05 Å². The summed E-state index contributed by atoms with van der Waals surface area (Å²) >= 11 is 0. The van der Waals surface area contributed by atoms with Crippen molar-refractivity contribution in [2.75, 3.05) is 18.2 Å². The van der Waals surface area contributed by atoms with Gasteiger partial charge in [0.15, 0.2) is 0 Å². The Labute approximate surface area is 122 Å². The number of rotatable bonds is 2. The van der Waals surface area contributed by atoms with Crippen LogP contribution in [0.15, 0.2) is 11.4 Å². The molecule has 0 unspecified atom stereocenters. The molecule has 1 aliphatic heterocycles. The lowest BCUT2D eigenvalue weighted by Gasteiger charge is -2.67. The van der Waals surface area contributed by atoms with Crippen LogP contribution in [0.2, 0.25) is 0 Å². The normalized spacial score (nSPS) is 30.6. The number of sulfone groups is 1. The summed E-state index contributed by atoms with van der Waals surface area (Å²) in [5, 5.41) is -0.236. The van der Waals surface area contributed by atoms with E-state index in [2.05, 4.69) is 9.97 Å². The fourth-order valence-electron chi connectivity index (χ4n) is 3.61. The molecule has 0 atom stereocenters. The van der Waals surface area contributed by atoms with Gasteiger partial charge in [0, 0.05) is 30.6 Å². The topological polar surface area (TPSA) is 83.5 Å². The molecule has 0 aromatic carbocycles. The van der Waals surface area contributed by atoms with Gasteiger partial charge in [-0.3, -0.25) is 4.90 Å². The third-order valence-corrected chi connectivity index (χ3v) is 5.75. The van der Waals surface area contributed by atoms with Crippen molar-refractivity contribution in [3.8, 4) is 0 Å². The molecule has 5 rings (SSSR count). The smallest absolute Gasteiger partial charge is 0.314 e. The Balaban J connectivity index is 1.74. The molecule has 3 saturated carbocycles. The predicted molar refractivity (Wildman–Crippen MR) is 74.6 cm³/mol. The van der Waals surface area contributed by atoms with Gasteiger partial charge in [-0.2, -0.15) is 0 Å². The highest BCUT2D eigenvalue weighted by atomic mass is 32.2. The Morgan fingerprint density at radius 2 is 2.00 bits per heavy atom. The second-order valence-electron chi connectivity index (χ2n) is 6.40. The Morgan fingerprint density at radius 3 is 2.52 bits per heavy atom.